The normalized spacial score (nSPS) is 12.7. The minimum Gasteiger partial charge on any atom is -0.313 e. The zero-order valence-corrected chi connectivity index (χ0v) is 14.5. The van der Waals surface area contributed by atoms with Crippen molar-refractivity contribution in [3.05, 3.63) is 54.1 Å². The molecule has 1 atom stereocenters. The van der Waals surface area contributed by atoms with Crippen LogP contribution >= 0.6 is 54.8 Å². The van der Waals surface area contributed by atoms with Crippen LogP contribution in [0, 0.1) is 0 Å². The highest BCUT2D eigenvalue weighted by molar-refractivity contribution is 9.11. The number of hydrogen-bond acceptors (Lipinski definition) is 2. The fraction of sp³-hybridized carbons (Fsp3) is 0.231. The van der Waals surface area contributed by atoms with Crippen LogP contribution in [0.25, 0.3) is 0 Å². The van der Waals surface area contributed by atoms with E-state index in [1.165, 1.54) is 14.2 Å². The van der Waals surface area contributed by atoms with E-state index in [1.54, 1.807) is 11.3 Å². The van der Waals surface area contributed by atoms with Crippen LogP contribution in [0.4, 0.5) is 0 Å². The minimum atomic E-state index is 0.269. The maximum absolute atomic E-state index is 6.10. The molecule has 1 aromatic carbocycles. The molecule has 0 bridgehead atoms. The van der Waals surface area contributed by atoms with Crippen LogP contribution in [0.2, 0.25) is 5.02 Å². The molecule has 0 aliphatic carbocycles. The highest BCUT2D eigenvalue weighted by atomic mass is 79.9. The van der Waals surface area contributed by atoms with Crippen molar-refractivity contribution >= 4 is 54.8 Å². The van der Waals surface area contributed by atoms with Gasteiger partial charge in [0.1, 0.15) is 0 Å². The summed E-state index contributed by atoms with van der Waals surface area (Å²) in [6.45, 7) is 0. The fourth-order valence-electron chi connectivity index (χ4n) is 1.83. The van der Waals surface area contributed by atoms with E-state index in [9.17, 15) is 0 Å². The Kier molecular flexibility index (Phi) is 5.27. The minimum absolute atomic E-state index is 0.269. The third kappa shape index (κ3) is 3.81. The first-order chi connectivity index (χ1) is 8.58. The van der Waals surface area contributed by atoms with Crippen molar-refractivity contribution in [3.8, 4) is 0 Å². The first-order valence-electron chi connectivity index (χ1n) is 5.46. The van der Waals surface area contributed by atoms with E-state index in [2.05, 4.69) is 55.4 Å². The largest absolute Gasteiger partial charge is 0.313 e. The Hall–Kier alpha value is 0.130. The summed E-state index contributed by atoms with van der Waals surface area (Å²) in [6, 6.07) is 10.5. The lowest BCUT2D eigenvalue weighted by molar-refractivity contribution is 0.596. The Morgan fingerprint density at radius 2 is 2.06 bits per heavy atom. The Balaban J connectivity index is 2.22. The lowest BCUT2D eigenvalue weighted by Crippen LogP contribution is -2.18. The third-order valence-corrected chi connectivity index (χ3v) is 4.99. The van der Waals surface area contributed by atoms with E-state index >= 15 is 0 Å². The van der Waals surface area contributed by atoms with E-state index < -0.39 is 0 Å². The summed E-state index contributed by atoms with van der Waals surface area (Å²) < 4.78 is 2.18. The maximum Gasteiger partial charge on any atom is 0.0701 e. The Morgan fingerprint density at radius 3 is 2.61 bits per heavy atom. The summed E-state index contributed by atoms with van der Waals surface area (Å²) in [5.74, 6) is 0. The number of halogens is 3. The first-order valence-corrected chi connectivity index (χ1v) is 8.24. The molecule has 96 valence electrons. The number of likely N-dealkylation sites (N-methyl/N-ethyl adjacent to an activating group) is 1. The van der Waals surface area contributed by atoms with Gasteiger partial charge >= 0.3 is 0 Å². The van der Waals surface area contributed by atoms with Crippen molar-refractivity contribution in [3.63, 3.8) is 0 Å². The van der Waals surface area contributed by atoms with Gasteiger partial charge in [-0.1, -0.05) is 27.5 Å². The summed E-state index contributed by atoms with van der Waals surface area (Å²) in [5.41, 5.74) is 1.20. The number of hydrogen-bond donors (Lipinski definition) is 1. The van der Waals surface area contributed by atoms with Crippen LogP contribution < -0.4 is 5.32 Å². The van der Waals surface area contributed by atoms with E-state index in [0.717, 1.165) is 15.9 Å². The number of benzene rings is 1. The third-order valence-electron chi connectivity index (χ3n) is 2.67. The standard InChI is InChI=1S/C13H12Br2ClNS/c1-17-12(7-11-2-3-13(15)18-11)8-4-9(14)6-10(16)5-8/h2-6,12,17H,7H2,1H3. The molecule has 1 nitrogen and oxygen atoms in total. The zero-order chi connectivity index (χ0) is 13.1. The molecule has 0 amide bonds. The molecule has 1 unspecified atom stereocenters. The lowest BCUT2D eigenvalue weighted by Gasteiger charge is -2.16. The fourth-order valence-corrected chi connectivity index (χ4v) is 4.24. The molecule has 0 fully saturated rings. The van der Waals surface area contributed by atoms with Crippen LogP contribution in [0.15, 0.2) is 38.6 Å². The summed E-state index contributed by atoms with van der Waals surface area (Å²) in [7, 11) is 1.97. The Labute approximate surface area is 133 Å². The van der Waals surface area contributed by atoms with Crippen molar-refractivity contribution < 1.29 is 0 Å². The molecule has 2 aromatic rings. The molecule has 0 spiro atoms. The predicted octanol–water partition coefficient (Wildman–Crippen LogP) is 5.43. The molecular weight excluding hydrogens is 397 g/mol. The average Bonchev–Trinajstić information content (AvgIpc) is 2.70. The van der Waals surface area contributed by atoms with Crippen molar-refractivity contribution in [2.75, 3.05) is 7.05 Å². The molecule has 0 saturated carbocycles. The topological polar surface area (TPSA) is 12.0 Å². The lowest BCUT2D eigenvalue weighted by atomic mass is 10.0. The van der Waals surface area contributed by atoms with Gasteiger partial charge in [0.15, 0.2) is 0 Å². The summed E-state index contributed by atoms with van der Waals surface area (Å²) in [4.78, 5) is 1.34. The van der Waals surface area contributed by atoms with Gasteiger partial charge in [0, 0.05) is 26.8 Å². The number of nitrogens with one attached hydrogen (secondary N) is 1. The summed E-state index contributed by atoms with van der Waals surface area (Å²) in [5, 5.41) is 4.10. The summed E-state index contributed by atoms with van der Waals surface area (Å²) in [6.07, 6.45) is 0.958. The first kappa shape index (κ1) is 14.5. The SMILES string of the molecule is CNC(Cc1ccc(Br)s1)c1cc(Cl)cc(Br)c1. The molecule has 18 heavy (non-hydrogen) atoms. The van der Waals surface area contributed by atoms with Gasteiger partial charge in [0.25, 0.3) is 0 Å². The van der Waals surface area contributed by atoms with Crippen LogP contribution in [0.5, 0.6) is 0 Å². The monoisotopic (exact) mass is 407 g/mol. The van der Waals surface area contributed by atoms with Crippen LogP contribution in [-0.2, 0) is 6.42 Å². The molecule has 5 heteroatoms. The smallest absolute Gasteiger partial charge is 0.0701 e. The zero-order valence-electron chi connectivity index (χ0n) is 9.71. The van der Waals surface area contributed by atoms with Crippen LogP contribution in [0.1, 0.15) is 16.5 Å². The second kappa shape index (κ2) is 6.53. The Morgan fingerprint density at radius 1 is 1.28 bits per heavy atom. The van der Waals surface area contributed by atoms with Crippen LogP contribution in [-0.4, -0.2) is 7.05 Å². The number of thiophene rings is 1. The molecule has 0 aliphatic heterocycles. The highest BCUT2D eigenvalue weighted by Gasteiger charge is 2.12. The molecule has 0 radical (unpaired) electrons. The molecule has 2 rings (SSSR count). The summed E-state index contributed by atoms with van der Waals surface area (Å²) >= 11 is 14.8. The molecule has 1 aromatic heterocycles. The van der Waals surface area contributed by atoms with Gasteiger partial charge in [-0.3, -0.25) is 0 Å². The Bertz CT molecular complexity index is 521. The van der Waals surface area contributed by atoms with Gasteiger partial charge in [-0.2, -0.15) is 0 Å². The van der Waals surface area contributed by atoms with Crippen LogP contribution in [0.3, 0.4) is 0 Å². The van der Waals surface area contributed by atoms with E-state index in [0.29, 0.717) is 0 Å². The van der Waals surface area contributed by atoms with Gasteiger partial charge < -0.3 is 5.32 Å². The van der Waals surface area contributed by atoms with Crippen molar-refractivity contribution in [2.24, 2.45) is 0 Å². The van der Waals surface area contributed by atoms with Gasteiger partial charge in [-0.15, -0.1) is 11.3 Å². The molecule has 0 saturated heterocycles. The highest BCUT2D eigenvalue weighted by Crippen LogP contribution is 2.29. The molecule has 1 heterocycles. The van der Waals surface area contributed by atoms with E-state index in [4.69, 9.17) is 11.6 Å². The van der Waals surface area contributed by atoms with Gasteiger partial charge in [0.2, 0.25) is 0 Å². The number of rotatable bonds is 4. The quantitative estimate of drug-likeness (QED) is 0.710. The van der Waals surface area contributed by atoms with Gasteiger partial charge in [-0.25, -0.2) is 0 Å². The molecular formula is C13H12Br2ClNS. The van der Waals surface area contributed by atoms with Crippen molar-refractivity contribution in [1.29, 1.82) is 0 Å². The maximum atomic E-state index is 6.10. The van der Waals surface area contributed by atoms with E-state index in [1.807, 2.05) is 19.2 Å². The average molecular weight is 410 g/mol. The predicted molar refractivity (Wildman–Crippen MR) is 86.7 cm³/mol. The second-order valence-electron chi connectivity index (χ2n) is 3.95. The van der Waals surface area contributed by atoms with Crippen molar-refractivity contribution in [1.82, 2.24) is 5.32 Å². The van der Waals surface area contributed by atoms with Gasteiger partial charge in [-0.05, 0) is 58.9 Å². The van der Waals surface area contributed by atoms with E-state index in [-0.39, 0.29) is 6.04 Å². The molecule has 1 N–H and O–H groups in total. The second-order valence-corrected chi connectivity index (χ2v) is 7.85. The van der Waals surface area contributed by atoms with Crippen molar-refractivity contribution in [2.45, 2.75) is 12.5 Å². The molecule has 0 aliphatic rings. The van der Waals surface area contributed by atoms with Gasteiger partial charge in [0.05, 0.1) is 3.79 Å².